The Morgan fingerprint density at radius 2 is 1.68 bits per heavy atom. The van der Waals surface area contributed by atoms with E-state index in [4.69, 9.17) is 4.74 Å². The first-order valence-electron chi connectivity index (χ1n) is 11.5. The minimum absolute atomic E-state index is 0.211. The van der Waals surface area contributed by atoms with Crippen molar-refractivity contribution in [1.82, 2.24) is 24.0 Å². The molecule has 2 heterocycles. The molecule has 0 fully saturated rings. The zero-order chi connectivity index (χ0) is 24.1. The first-order chi connectivity index (χ1) is 16.5. The summed E-state index contributed by atoms with van der Waals surface area (Å²) in [6, 6.07) is 17.1. The highest BCUT2D eigenvalue weighted by molar-refractivity contribution is 5.75. The molecule has 0 aliphatic carbocycles. The molecule has 2 aromatic carbocycles. The fourth-order valence-electron chi connectivity index (χ4n) is 3.85. The van der Waals surface area contributed by atoms with Gasteiger partial charge in [-0.2, -0.15) is 0 Å². The Labute approximate surface area is 198 Å². The van der Waals surface area contributed by atoms with Crippen molar-refractivity contribution in [2.24, 2.45) is 7.05 Å². The lowest BCUT2D eigenvalue weighted by atomic mass is 10.2. The summed E-state index contributed by atoms with van der Waals surface area (Å²) >= 11 is 0. The Balaban J connectivity index is 1.62. The topological polar surface area (TPSA) is 82.2 Å². The van der Waals surface area contributed by atoms with Crippen LogP contribution in [0.2, 0.25) is 0 Å². The second-order valence-electron chi connectivity index (χ2n) is 8.05. The number of nitrogens with zero attached hydrogens (tertiary/aromatic N) is 5. The quantitative estimate of drug-likeness (QED) is 0.383. The lowest BCUT2D eigenvalue weighted by molar-refractivity contribution is 0.223. The van der Waals surface area contributed by atoms with Gasteiger partial charge in [0.2, 0.25) is 0 Å². The molecule has 176 valence electrons. The van der Waals surface area contributed by atoms with Gasteiger partial charge in [-0.1, -0.05) is 44.2 Å². The van der Waals surface area contributed by atoms with E-state index in [0.717, 1.165) is 41.1 Å². The van der Waals surface area contributed by atoms with Crippen LogP contribution in [0.4, 0.5) is 0 Å². The minimum atomic E-state index is -0.440. The number of likely N-dealkylation sites (N-methyl/N-ethyl adjacent to an activating group) is 1. The molecule has 4 rings (SSSR count). The van der Waals surface area contributed by atoms with Gasteiger partial charge in [0.05, 0.1) is 18.3 Å². The molecule has 34 heavy (non-hydrogen) atoms. The molecule has 0 amide bonds. The molecule has 4 aromatic rings. The van der Waals surface area contributed by atoms with Gasteiger partial charge in [-0.05, 0) is 42.9 Å². The average molecular weight is 460 g/mol. The molecule has 0 aliphatic heterocycles. The number of aromatic nitrogens is 4. The predicted octanol–water partition coefficient (Wildman–Crippen LogP) is 2.93. The predicted molar refractivity (Wildman–Crippen MR) is 133 cm³/mol. The standard InChI is InChI=1S/C26H29N5O3/c1-4-30(5-2)15-16-34-21-13-11-20(12-14-21)24-27-17-22-23(28-24)25(32)29(3)26(33)31(22)18-19-9-7-6-8-10-19/h6-14,17H,4-5,15-16,18H2,1-3H3. The summed E-state index contributed by atoms with van der Waals surface area (Å²) in [5.74, 6) is 1.19. The van der Waals surface area contributed by atoms with Gasteiger partial charge in [0, 0.05) is 19.2 Å². The zero-order valence-electron chi connectivity index (χ0n) is 19.8. The Morgan fingerprint density at radius 1 is 0.971 bits per heavy atom. The third-order valence-corrected chi connectivity index (χ3v) is 5.95. The summed E-state index contributed by atoms with van der Waals surface area (Å²) in [6.07, 6.45) is 1.55. The van der Waals surface area contributed by atoms with E-state index < -0.39 is 11.2 Å². The highest BCUT2D eigenvalue weighted by Crippen LogP contribution is 2.20. The number of hydrogen-bond acceptors (Lipinski definition) is 6. The van der Waals surface area contributed by atoms with Crippen LogP contribution in [-0.2, 0) is 13.6 Å². The molecule has 0 unspecified atom stereocenters. The van der Waals surface area contributed by atoms with Gasteiger partial charge in [-0.25, -0.2) is 14.8 Å². The Morgan fingerprint density at radius 3 is 2.35 bits per heavy atom. The van der Waals surface area contributed by atoms with Crippen LogP contribution in [0.1, 0.15) is 19.4 Å². The monoisotopic (exact) mass is 459 g/mol. The number of rotatable bonds is 9. The van der Waals surface area contributed by atoms with Gasteiger partial charge in [0.15, 0.2) is 11.3 Å². The van der Waals surface area contributed by atoms with Crippen molar-refractivity contribution in [2.75, 3.05) is 26.2 Å². The fraction of sp³-hybridized carbons (Fsp3) is 0.308. The van der Waals surface area contributed by atoms with Gasteiger partial charge in [-0.3, -0.25) is 13.9 Å². The Hall–Kier alpha value is -3.78. The van der Waals surface area contributed by atoms with Crippen molar-refractivity contribution in [1.29, 1.82) is 0 Å². The maximum atomic E-state index is 12.8. The molecule has 8 heteroatoms. The van der Waals surface area contributed by atoms with E-state index in [1.807, 2.05) is 54.6 Å². The first-order valence-corrected chi connectivity index (χ1v) is 11.5. The van der Waals surface area contributed by atoms with Crippen LogP contribution in [0.5, 0.6) is 5.75 Å². The van der Waals surface area contributed by atoms with Crippen LogP contribution in [0.25, 0.3) is 22.4 Å². The fourth-order valence-corrected chi connectivity index (χ4v) is 3.85. The summed E-state index contributed by atoms with van der Waals surface area (Å²) in [5.41, 5.74) is 1.50. The molecule has 0 aliphatic rings. The molecule has 8 nitrogen and oxygen atoms in total. The van der Waals surface area contributed by atoms with Crippen LogP contribution in [-0.4, -0.2) is 50.2 Å². The van der Waals surface area contributed by atoms with Gasteiger partial charge in [0.25, 0.3) is 5.56 Å². The molecular weight excluding hydrogens is 430 g/mol. The van der Waals surface area contributed by atoms with E-state index in [1.54, 1.807) is 6.20 Å². The van der Waals surface area contributed by atoms with Crippen molar-refractivity contribution in [3.05, 3.63) is 87.2 Å². The average Bonchev–Trinajstić information content (AvgIpc) is 2.88. The van der Waals surface area contributed by atoms with E-state index in [2.05, 4.69) is 28.7 Å². The zero-order valence-corrected chi connectivity index (χ0v) is 19.8. The van der Waals surface area contributed by atoms with Gasteiger partial charge >= 0.3 is 5.69 Å². The largest absolute Gasteiger partial charge is 0.492 e. The van der Waals surface area contributed by atoms with E-state index in [0.29, 0.717) is 24.5 Å². The molecule has 0 N–H and O–H groups in total. The molecule has 0 atom stereocenters. The molecule has 0 spiro atoms. The third kappa shape index (κ3) is 4.92. The van der Waals surface area contributed by atoms with E-state index in [-0.39, 0.29) is 5.52 Å². The smallest absolute Gasteiger partial charge is 0.331 e. The summed E-state index contributed by atoms with van der Waals surface area (Å²) in [7, 11) is 1.47. The molecule has 0 saturated carbocycles. The minimum Gasteiger partial charge on any atom is -0.492 e. The Bertz CT molecular complexity index is 1370. The highest BCUT2D eigenvalue weighted by Gasteiger charge is 2.15. The summed E-state index contributed by atoms with van der Waals surface area (Å²) in [6.45, 7) is 8.07. The first kappa shape index (κ1) is 23.4. The molecular formula is C26H29N5O3. The number of ether oxygens (including phenoxy) is 1. The van der Waals surface area contributed by atoms with E-state index >= 15 is 0 Å². The molecule has 2 aromatic heterocycles. The van der Waals surface area contributed by atoms with Crippen molar-refractivity contribution >= 4 is 11.0 Å². The van der Waals surface area contributed by atoms with E-state index in [9.17, 15) is 9.59 Å². The second kappa shape index (κ2) is 10.4. The van der Waals surface area contributed by atoms with Crippen molar-refractivity contribution in [3.63, 3.8) is 0 Å². The number of fused-ring (bicyclic) bond motifs is 1. The maximum Gasteiger partial charge on any atom is 0.331 e. The summed E-state index contributed by atoms with van der Waals surface area (Å²) in [4.78, 5) is 37.0. The van der Waals surface area contributed by atoms with Gasteiger partial charge in [-0.15, -0.1) is 0 Å². The lowest BCUT2D eigenvalue weighted by Gasteiger charge is -2.18. The van der Waals surface area contributed by atoms with Crippen molar-refractivity contribution in [3.8, 4) is 17.1 Å². The van der Waals surface area contributed by atoms with Crippen LogP contribution in [0.15, 0.2) is 70.4 Å². The summed E-state index contributed by atoms with van der Waals surface area (Å²) < 4.78 is 8.47. The third-order valence-electron chi connectivity index (χ3n) is 5.95. The second-order valence-corrected chi connectivity index (χ2v) is 8.05. The highest BCUT2D eigenvalue weighted by atomic mass is 16.5. The van der Waals surface area contributed by atoms with Crippen LogP contribution < -0.4 is 16.0 Å². The van der Waals surface area contributed by atoms with Crippen LogP contribution >= 0.6 is 0 Å². The molecule has 0 saturated heterocycles. The summed E-state index contributed by atoms with van der Waals surface area (Å²) in [5, 5.41) is 0. The maximum absolute atomic E-state index is 12.8. The normalized spacial score (nSPS) is 11.3. The Kier molecular flexibility index (Phi) is 7.18. The molecule has 0 bridgehead atoms. The van der Waals surface area contributed by atoms with E-state index in [1.165, 1.54) is 11.6 Å². The van der Waals surface area contributed by atoms with Crippen molar-refractivity contribution < 1.29 is 4.74 Å². The number of benzene rings is 2. The number of hydrogen-bond donors (Lipinski definition) is 0. The lowest BCUT2D eigenvalue weighted by Crippen LogP contribution is -2.38. The molecule has 0 radical (unpaired) electrons. The van der Waals surface area contributed by atoms with Gasteiger partial charge < -0.3 is 9.64 Å². The van der Waals surface area contributed by atoms with Crippen molar-refractivity contribution in [2.45, 2.75) is 20.4 Å². The van der Waals surface area contributed by atoms with Crippen LogP contribution in [0.3, 0.4) is 0 Å². The van der Waals surface area contributed by atoms with Crippen LogP contribution in [0, 0.1) is 0 Å². The SMILES string of the molecule is CCN(CC)CCOc1ccc(-c2ncc3c(n2)c(=O)n(C)c(=O)n3Cc2ccccc2)cc1. The van der Waals surface area contributed by atoms with Gasteiger partial charge in [0.1, 0.15) is 12.4 Å².